The molecule has 1 aromatic carbocycles. The van der Waals surface area contributed by atoms with Crippen LogP contribution in [0.5, 0.6) is 0 Å². The van der Waals surface area contributed by atoms with E-state index >= 15 is 0 Å². The fourth-order valence-electron chi connectivity index (χ4n) is 2.66. The van der Waals surface area contributed by atoms with Crippen molar-refractivity contribution in [2.24, 2.45) is 0 Å². The summed E-state index contributed by atoms with van der Waals surface area (Å²) in [6.45, 7) is 6.34. The molecule has 7 nitrogen and oxygen atoms in total. The largest absolute Gasteiger partial charge is 0.361 e. The number of hydrogen-bond acceptors (Lipinski definition) is 6. The van der Waals surface area contributed by atoms with E-state index in [2.05, 4.69) is 63.3 Å². The van der Waals surface area contributed by atoms with Crippen molar-refractivity contribution in [1.82, 2.24) is 25.1 Å². The van der Waals surface area contributed by atoms with Crippen molar-refractivity contribution in [1.29, 1.82) is 0 Å². The summed E-state index contributed by atoms with van der Waals surface area (Å²) in [4.78, 5) is 15.6. The molecular weight excluding hydrogens is 328 g/mol. The Kier molecular flexibility index (Phi) is 3.91. The Morgan fingerprint density at radius 3 is 2.62 bits per heavy atom. The third kappa shape index (κ3) is 3.28. The number of aromatic nitrogens is 5. The number of fused-ring (bicyclic) bond motifs is 1. The Balaban J connectivity index is 1.48. The maximum absolute atomic E-state index is 5.45. The molecule has 0 radical (unpaired) electrons. The summed E-state index contributed by atoms with van der Waals surface area (Å²) in [6, 6.07) is 10.2. The molecule has 0 aliphatic carbocycles. The molecule has 0 aliphatic heterocycles. The van der Waals surface area contributed by atoms with Crippen LogP contribution in [0, 0.1) is 0 Å². The van der Waals surface area contributed by atoms with E-state index in [1.807, 2.05) is 18.2 Å². The minimum absolute atomic E-state index is 0.0332. The lowest BCUT2D eigenvalue weighted by Crippen LogP contribution is -2.09. The molecule has 0 saturated heterocycles. The lowest BCUT2D eigenvalue weighted by atomic mass is 9.93. The molecule has 0 spiro atoms. The number of H-pyrrole nitrogens is 1. The monoisotopic (exact) mass is 348 g/mol. The van der Waals surface area contributed by atoms with Crippen molar-refractivity contribution in [2.75, 3.05) is 5.32 Å². The number of aromatic amines is 1. The van der Waals surface area contributed by atoms with Gasteiger partial charge in [-0.1, -0.05) is 38.1 Å². The fourth-order valence-corrected chi connectivity index (χ4v) is 2.66. The molecule has 2 N–H and O–H groups in total. The zero-order chi connectivity index (χ0) is 18.1. The van der Waals surface area contributed by atoms with Crippen LogP contribution in [0.15, 0.2) is 47.5 Å². The number of nitrogens with one attached hydrogen (secondary N) is 2. The first-order valence-corrected chi connectivity index (χ1v) is 8.45. The quantitative estimate of drug-likeness (QED) is 0.580. The summed E-state index contributed by atoms with van der Waals surface area (Å²) in [5.41, 5.74) is 4.44. The molecule has 7 heteroatoms. The molecule has 0 amide bonds. The van der Waals surface area contributed by atoms with Crippen molar-refractivity contribution >= 4 is 22.7 Å². The van der Waals surface area contributed by atoms with Gasteiger partial charge in [-0.25, -0.2) is 15.0 Å². The average molecular weight is 348 g/mol. The molecule has 3 aromatic heterocycles. The number of nitrogens with zero attached hydrogens (tertiary/aromatic N) is 4. The Hall–Kier alpha value is -3.22. The van der Waals surface area contributed by atoms with E-state index in [-0.39, 0.29) is 5.41 Å². The number of imidazole rings is 1. The normalized spacial score (nSPS) is 11.8. The minimum atomic E-state index is -0.0332. The number of anilines is 2. The van der Waals surface area contributed by atoms with Crippen LogP contribution in [-0.2, 0) is 11.8 Å². The van der Waals surface area contributed by atoms with Gasteiger partial charge in [0.15, 0.2) is 11.5 Å². The summed E-state index contributed by atoms with van der Waals surface area (Å²) in [7, 11) is 0. The molecule has 4 aromatic rings. The van der Waals surface area contributed by atoms with Crippen molar-refractivity contribution in [2.45, 2.75) is 32.6 Å². The van der Waals surface area contributed by atoms with E-state index in [1.165, 1.54) is 11.9 Å². The second-order valence-corrected chi connectivity index (χ2v) is 7.25. The zero-order valence-electron chi connectivity index (χ0n) is 14.9. The molecule has 26 heavy (non-hydrogen) atoms. The van der Waals surface area contributed by atoms with Crippen LogP contribution in [0.1, 0.15) is 37.8 Å². The van der Waals surface area contributed by atoms with Gasteiger partial charge in [-0.05, 0) is 17.7 Å². The van der Waals surface area contributed by atoms with E-state index in [0.717, 1.165) is 29.1 Å². The topological polar surface area (TPSA) is 92.5 Å². The fraction of sp³-hybridized carbons (Fsp3) is 0.263. The van der Waals surface area contributed by atoms with Crippen LogP contribution in [0.25, 0.3) is 11.2 Å². The van der Waals surface area contributed by atoms with Crippen molar-refractivity contribution < 1.29 is 4.52 Å². The maximum Gasteiger partial charge on any atom is 0.182 e. The smallest absolute Gasteiger partial charge is 0.182 e. The standard InChI is InChI=1S/C19H20N6O/c1-19(2,3)15-9-14(25-26-15)8-12-4-6-13(7-5-12)24-18-16-17(21-10-20-16)22-11-23-18/h4-7,9-11H,8H2,1-3H3,(H2,20,21,22,23,24). The average Bonchev–Trinajstić information content (AvgIpc) is 3.26. The molecule has 0 bridgehead atoms. The summed E-state index contributed by atoms with van der Waals surface area (Å²) >= 11 is 0. The Morgan fingerprint density at radius 1 is 1.08 bits per heavy atom. The first kappa shape index (κ1) is 16.3. The number of rotatable bonds is 4. The summed E-state index contributed by atoms with van der Waals surface area (Å²) in [5.74, 6) is 1.60. The molecule has 0 atom stereocenters. The second-order valence-electron chi connectivity index (χ2n) is 7.25. The van der Waals surface area contributed by atoms with Gasteiger partial charge in [-0.2, -0.15) is 0 Å². The predicted molar refractivity (Wildman–Crippen MR) is 99.4 cm³/mol. The van der Waals surface area contributed by atoms with Crippen LogP contribution in [0.2, 0.25) is 0 Å². The Morgan fingerprint density at radius 2 is 1.88 bits per heavy atom. The first-order chi connectivity index (χ1) is 12.5. The predicted octanol–water partition coefficient (Wildman–Crippen LogP) is 3.97. The lowest BCUT2D eigenvalue weighted by Gasteiger charge is -2.12. The number of benzene rings is 1. The zero-order valence-corrected chi connectivity index (χ0v) is 14.9. The third-order valence-corrected chi connectivity index (χ3v) is 4.12. The Labute approximate surface area is 150 Å². The van der Waals surface area contributed by atoms with Crippen molar-refractivity contribution in [3.05, 3.63) is 60.0 Å². The molecule has 4 rings (SSSR count). The van der Waals surface area contributed by atoms with Crippen LogP contribution >= 0.6 is 0 Å². The third-order valence-electron chi connectivity index (χ3n) is 4.12. The van der Waals surface area contributed by atoms with Gasteiger partial charge in [0, 0.05) is 23.6 Å². The highest BCUT2D eigenvalue weighted by Crippen LogP contribution is 2.24. The minimum Gasteiger partial charge on any atom is -0.361 e. The van der Waals surface area contributed by atoms with Crippen molar-refractivity contribution in [3.8, 4) is 0 Å². The summed E-state index contributed by atoms with van der Waals surface area (Å²) in [6.07, 6.45) is 3.84. The molecule has 0 aliphatic rings. The van der Waals surface area contributed by atoms with E-state index in [9.17, 15) is 0 Å². The van der Waals surface area contributed by atoms with Gasteiger partial charge in [0.2, 0.25) is 0 Å². The maximum atomic E-state index is 5.45. The summed E-state index contributed by atoms with van der Waals surface area (Å²) in [5, 5.41) is 7.47. The van der Waals surface area contributed by atoms with E-state index in [4.69, 9.17) is 4.52 Å². The highest BCUT2D eigenvalue weighted by Gasteiger charge is 2.19. The SMILES string of the molecule is CC(C)(C)c1cc(Cc2ccc(Nc3ncnc4nc[nH]c34)cc2)no1. The van der Waals surface area contributed by atoms with Gasteiger partial charge in [0.25, 0.3) is 0 Å². The summed E-state index contributed by atoms with van der Waals surface area (Å²) < 4.78 is 5.45. The van der Waals surface area contributed by atoms with Gasteiger partial charge >= 0.3 is 0 Å². The van der Waals surface area contributed by atoms with Gasteiger partial charge in [-0.3, -0.25) is 0 Å². The lowest BCUT2D eigenvalue weighted by molar-refractivity contribution is 0.326. The van der Waals surface area contributed by atoms with E-state index < -0.39 is 0 Å². The van der Waals surface area contributed by atoms with Crippen molar-refractivity contribution in [3.63, 3.8) is 0 Å². The van der Waals surface area contributed by atoms with Gasteiger partial charge in [0.1, 0.15) is 17.6 Å². The molecule has 3 heterocycles. The van der Waals surface area contributed by atoms with Gasteiger partial charge < -0.3 is 14.8 Å². The Bertz CT molecular complexity index is 1030. The second kappa shape index (κ2) is 6.25. The van der Waals surface area contributed by atoms with Crippen LogP contribution in [-0.4, -0.2) is 25.1 Å². The van der Waals surface area contributed by atoms with E-state index in [0.29, 0.717) is 11.5 Å². The molecular formula is C19H20N6O. The van der Waals surface area contributed by atoms with E-state index in [1.54, 1.807) is 6.33 Å². The van der Waals surface area contributed by atoms with Gasteiger partial charge in [-0.15, -0.1) is 0 Å². The number of hydrogen-bond donors (Lipinski definition) is 2. The van der Waals surface area contributed by atoms with Crippen LogP contribution in [0.3, 0.4) is 0 Å². The van der Waals surface area contributed by atoms with Gasteiger partial charge in [0.05, 0.1) is 12.0 Å². The first-order valence-electron chi connectivity index (χ1n) is 8.45. The van der Waals surface area contributed by atoms with Crippen LogP contribution in [0.4, 0.5) is 11.5 Å². The highest BCUT2D eigenvalue weighted by atomic mass is 16.5. The molecule has 0 unspecified atom stereocenters. The molecule has 132 valence electrons. The highest BCUT2D eigenvalue weighted by molar-refractivity contribution is 5.84. The van der Waals surface area contributed by atoms with Crippen LogP contribution < -0.4 is 5.32 Å². The molecule has 0 fully saturated rings. The molecule has 0 saturated carbocycles.